The van der Waals surface area contributed by atoms with Crippen molar-refractivity contribution in [1.29, 1.82) is 0 Å². The second-order valence-corrected chi connectivity index (χ2v) is 6.05. The Bertz CT molecular complexity index is 446. The first-order valence-electron chi connectivity index (χ1n) is 7.89. The molecule has 0 saturated heterocycles. The topological polar surface area (TPSA) is 55.8 Å². The van der Waals surface area contributed by atoms with Gasteiger partial charge in [0.05, 0.1) is 19.3 Å². The Balaban J connectivity index is 2.32. The smallest absolute Gasteiger partial charge is 0.334 e. The number of aliphatic hydroxyl groups excluding tert-OH is 1. The fourth-order valence-corrected chi connectivity index (χ4v) is 2.47. The number of hydrogen-bond acceptors (Lipinski definition) is 4. The molecule has 0 bridgehead atoms. The summed E-state index contributed by atoms with van der Waals surface area (Å²) in [6.45, 7) is 5.91. The van der Waals surface area contributed by atoms with Crippen molar-refractivity contribution in [2.45, 2.75) is 58.7 Å². The molecule has 124 valence electrons. The van der Waals surface area contributed by atoms with E-state index < -0.39 is 6.10 Å². The highest BCUT2D eigenvalue weighted by Crippen LogP contribution is 2.22. The molecule has 0 fully saturated rings. The van der Waals surface area contributed by atoms with Crippen LogP contribution in [0.2, 0.25) is 0 Å². The molecule has 3 atom stereocenters. The largest absolute Gasteiger partial charge is 0.501 e. The molecule has 1 N–H and O–H groups in total. The summed E-state index contributed by atoms with van der Waals surface area (Å²) in [6, 6.07) is 0. The highest BCUT2D eigenvalue weighted by atomic mass is 16.5. The molecule has 1 aliphatic rings. The van der Waals surface area contributed by atoms with Crippen molar-refractivity contribution in [2.24, 2.45) is 5.92 Å². The predicted octanol–water partition coefficient (Wildman–Crippen LogP) is 3.52. The van der Waals surface area contributed by atoms with E-state index in [1.165, 1.54) is 6.08 Å². The molecular formula is C18H28O4. The van der Waals surface area contributed by atoms with E-state index in [-0.39, 0.29) is 12.1 Å². The van der Waals surface area contributed by atoms with E-state index in [1.807, 2.05) is 19.1 Å². The third-order valence-electron chi connectivity index (χ3n) is 3.66. The van der Waals surface area contributed by atoms with Gasteiger partial charge in [-0.1, -0.05) is 30.7 Å². The van der Waals surface area contributed by atoms with Crippen molar-refractivity contribution >= 4 is 5.97 Å². The molecular weight excluding hydrogens is 280 g/mol. The van der Waals surface area contributed by atoms with Crippen LogP contribution in [0, 0.1) is 5.92 Å². The minimum atomic E-state index is -0.411. The Hall–Kier alpha value is -1.55. The predicted molar refractivity (Wildman–Crippen MR) is 87.2 cm³/mol. The lowest BCUT2D eigenvalue weighted by Gasteiger charge is -2.23. The monoisotopic (exact) mass is 308 g/mol. The second kappa shape index (κ2) is 9.46. The van der Waals surface area contributed by atoms with Crippen molar-refractivity contribution in [1.82, 2.24) is 0 Å². The molecule has 0 aliphatic carbocycles. The van der Waals surface area contributed by atoms with Crippen LogP contribution in [0.5, 0.6) is 0 Å². The van der Waals surface area contributed by atoms with Gasteiger partial charge in [-0.15, -0.1) is 0 Å². The zero-order chi connectivity index (χ0) is 16.5. The van der Waals surface area contributed by atoms with Crippen LogP contribution >= 0.6 is 0 Å². The van der Waals surface area contributed by atoms with E-state index in [0.29, 0.717) is 18.1 Å². The first-order valence-corrected chi connectivity index (χ1v) is 7.89. The zero-order valence-electron chi connectivity index (χ0n) is 14.0. The molecule has 0 amide bonds. The summed E-state index contributed by atoms with van der Waals surface area (Å²) in [5.74, 6) is 0.915. The quantitative estimate of drug-likeness (QED) is 0.550. The Kier molecular flexibility index (Phi) is 7.96. The van der Waals surface area contributed by atoms with Crippen LogP contribution in [0.3, 0.4) is 0 Å². The summed E-state index contributed by atoms with van der Waals surface area (Å²) in [7, 11) is 1.58. The number of carbonyl (C=O) groups excluding carboxylic acids is 1. The fourth-order valence-electron chi connectivity index (χ4n) is 2.47. The second-order valence-electron chi connectivity index (χ2n) is 6.05. The lowest BCUT2D eigenvalue weighted by atomic mass is 9.97. The van der Waals surface area contributed by atoms with E-state index in [2.05, 4.69) is 13.0 Å². The molecule has 4 nitrogen and oxygen atoms in total. The van der Waals surface area contributed by atoms with Crippen molar-refractivity contribution in [2.75, 3.05) is 7.11 Å². The van der Waals surface area contributed by atoms with Crippen molar-refractivity contribution < 1.29 is 19.4 Å². The number of carbonyl (C=O) groups is 1. The van der Waals surface area contributed by atoms with Gasteiger partial charge >= 0.3 is 5.97 Å². The number of cyclic esters (lactones) is 1. The number of methoxy groups -OCH3 is 1. The molecule has 0 radical (unpaired) electrons. The molecule has 4 heteroatoms. The van der Waals surface area contributed by atoms with Crippen LogP contribution in [0.15, 0.2) is 35.6 Å². The fraction of sp³-hybridized carbons (Fsp3) is 0.611. The van der Waals surface area contributed by atoms with Crippen molar-refractivity contribution in [3.05, 3.63) is 35.6 Å². The van der Waals surface area contributed by atoms with E-state index in [4.69, 9.17) is 9.47 Å². The Morgan fingerprint density at radius 1 is 1.55 bits per heavy atom. The van der Waals surface area contributed by atoms with Gasteiger partial charge in [0.1, 0.15) is 11.9 Å². The summed E-state index contributed by atoms with van der Waals surface area (Å²) >= 11 is 0. The summed E-state index contributed by atoms with van der Waals surface area (Å²) in [4.78, 5) is 11.4. The molecule has 1 rings (SSSR count). The van der Waals surface area contributed by atoms with Gasteiger partial charge in [0.2, 0.25) is 0 Å². The Morgan fingerprint density at radius 3 is 2.91 bits per heavy atom. The van der Waals surface area contributed by atoms with Gasteiger partial charge in [-0.25, -0.2) is 4.79 Å². The highest BCUT2D eigenvalue weighted by molar-refractivity contribution is 5.83. The Morgan fingerprint density at radius 2 is 2.27 bits per heavy atom. The summed E-state index contributed by atoms with van der Waals surface area (Å²) in [5, 5.41) is 9.26. The first kappa shape index (κ1) is 18.5. The number of aliphatic hydroxyl groups is 1. The number of rotatable bonds is 8. The molecule has 1 aliphatic heterocycles. The number of hydrogen-bond donors (Lipinski definition) is 1. The van der Waals surface area contributed by atoms with E-state index in [0.717, 1.165) is 24.8 Å². The zero-order valence-corrected chi connectivity index (χ0v) is 14.0. The maximum absolute atomic E-state index is 11.4. The van der Waals surface area contributed by atoms with E-state index >= 15 is 0 Å². The van der Waals surface area contributed by atoms with Gasteiger partial charge in [-0.05, 0) is 39.0 Å². The highest BCUT2D eigenvalue weighted by Gasteiger charge is 2.22. The van der Waals surface area contributed by atoms with Crippen LogP contribution < -0.4 is 0 Å². The summed E-state index contributed by atoms with van der Waals surface area (Å²) in [6.07, 6.45) is 10.4. The standard InChI is InChI=1S/C18H28O4/c1-13(6-5-7-14(2)10-15(3)19)8-9-16-11-17(21-4)12-18(20)22-16/h5,7,10,12-13,15-16,19H,6,8-9,11H2,1-4H3/b7-5+,14-10+. The average molecular weight is 308 g/mol. The van der Waals surface area contributed by atoms with E-state index in [1.54, 1.807) is 14.0 Å². The van der Waals surface area contributed by atoms with Crippen molar-refractivity contribution in [3.63, 3.8) is 0 Å². The van der Waals surface area contributed by atoms with Crippen LogP contribution in [0.1, 0.15) is 46.5 Å². The molecule has 0 spiro atoms. The van der Waals surface area contributed by atoms with Gasteiger partial charge < -0.3 is 14.6 Å². The Labute approximate surface area is 133 Å². The van der Waals surface area contributed by atoms with E-state index in [9.17, 15) is 9.90 Å². The van der Waals surface area contributed by atoms with Gasteiger partial charge in [0.25, 0.3) is 0 Å². The third-order valence-corrected chi connectivity index (χ3v) is 3.66. The molecule has 0 aromatic carbocycles. The van der Waals surface area contributed by atoms with Gasteiger partial charge in [-0.2, -0.15) is 0 Å². The lowest BCUT2D eigenvalue weighted by Crippen LogP contribution is -2.23. The maximum Gasteiger partial charge on any atom is 0.334 e. The molecule has 1 heterocycles. The average Bonchev–Trinajstić information content (AvgIpc) is 2.43. The number of allylic oxidation sites excluding steroid dienone is 3. The molecule has 0 aromatic rings. The van der Waals surface area contributed by atoms with Crippen LogP contribution in [0.4, 0.5) is 0 Å². The van der Waals surface area contributed by atoms with Gasteiger partial charge in [-0.3, -0.25) is 0 Å². The summed E-state index contributed by atoms with van der Waals surface area (Å²) < 4.78 is 10.4. The van der Waals surface area contributed by atoms with Crippen LogP contribution in [-0.4, -0.2) is 30.4 Å². The number of ether oxygens (including phenoxy) is 2. The van der Waals surface area contributed by atoms with Crippen LogP contribution in [-0.2, 0) is 14.3 Å². The minimum Gasteiger partial charge on any atom is -0.501 e. The molecule has 0 aromatic heterocycles. The number of esters is 1. The lowest BCUT2D eigenvalue weighted by molar-refractivity contribution is -0.145. The first-order chi connectivity index (χ1) is 10.4. The SMILES string of the molecule is COC1=CC(=O)OC(CCC(C)C/C=C/C(C)=C/C(C)O)C1. The van der Waals surface area contributed by atoms with Crippen LogP contribution in [0.25, 0.3) is 0 Å². The normalized spacial score (nSPS) is 22.2. The van der Waals surface area contributed by atoms with Gasteiger partial charge in [0, 0.05) is 6.42 Å². The van der Waals surface area contributed by atoms with Crippen molar-refractivity contribution in [3.8, 4) is 0 Å². The molecule has 3 unspecified atom stereocenters. The maximum atomic E-state index is 11.4. The van der Waals surface area contributed by atoms with Gasteiger partial charge in [0.15, 0.2) is 0 Å². The molecule has 22 heavy (non-hydrogen) atoms. The summed E-state index contributed by atoms with van der Waals surface area (Å²) in [5.41, 5.74) is 1.07. The minimum absolute atomic E-state index is 0.0734. The third kappa shape index (κ3) is 7.46. The molecule has 0 saturated carbocycles.